The van der Waals surface area contributed by atoms with Crippen molar-refractivity contribution in [1.82, 2.24) is 0 Å². The van der Waals surface area contributed by atoms with Crippen LogP contribution in [0.4, 0.5) is 17.6 Å². The molecule has 0 saturated heterocycles. The van der Waals surface area contributed by atoms with Gasteiger partial charge in [-0.15, -0.1) is 0 Å². The first-order valence-electron chi connectivity index (χ1n) is 10.6. The van der Waals surface area contributed by atoms with Crippen LogP contribution < -0.4 is 5.14 Å². The van der Waals surface area contributed by atoms with Gasteiger partial charge in [-0.25, -0.2) is 26.0 Å². The number of nitrogens with zero attached hydrogens (tertiary/aromatic N) is 1. The van der Waals surface area contributed by atoms with Crippen molar-refractivity contribution in [2.24, 2.45) is 9.54 Å². The monoisotopic (exact) mass is 692 g/mol. The summed E-state index contributed by atoms with van der Waals surface area (Å²) < 4.78 is 76.1. The number of carbonyl (C=O) groups is 1. The van der Waals surface area contributed by atoms with E-state index in [1.807, 2.05) is 20.8 Å². The molecule has 0 aliphatic rings. The lowest BCUT2D eigenvalue weighted by Crippen LogP contribution is -2.27. The predicted molar refractivity (Wildman–Crippen MR) is 151 cm³/mol. The quantitative estimate of drug-likeness (QED) is 0.203. The van der Waals surface area contributed by atoms with Crippen LogP contribution in [0.3, 0.4) is 0 Å². The average Bonchev–Trinajstić information content (AvgIpc) is 2.77. The summed E-state index contributed by atoms with van der Waals surface area (Å²) in [6, 6.07) is 12.2. The molecule has 0 aliphatic carbocycles. The van der Waals surface area contributed by atoms with Crippen LogP contribution in [0.25, 0.3) is 0 Å². The molecule has 0 unspecified atom stereocenters. The van der Waals surface area contributed by atoms with Crippen molar-refractivity contribution in [2.45, 2.75) is 63.9 Å². The zero-order valence-electron chi connectivity index (χ0n) is 21.1. The van der Waals surface area contributed by atoms with Gasteiger partial charge in [0.1, 0.15) is 16.7 Å². The van der Waals surface area contributed by atoms with Gasteiger partial charge in [0.25, 0.3) is 6.43 Å². The van der Waals surface area contributed by atoms with Crippen molar-refractivity contribution < 1.29 is 30.8 Å². The van der Waals surface area contributed by atoms with E-state index in [1.54, 1.807) is 45.0 Å². The number of hydrogen-bond acceptors (Lipinski definition) is 3. The summed E-state index contributed by atoms with van der Waals surface area (Å²) in [5.74, 6) is -1.14. The Kier molecular flexibility index (Phi) is 15.4. The van der Waals surface area contributed by atoms with Gasteiger partial charge in [-0.1, -0.05) is 56.1 Å². The first kappa shape index (κ1) is 35.7. The highest BCUT2D eigenvalue weighted by Crippen LogP contribution is 2.18. The molecule has 2 N–H and O–H groups in total. The lowest BCUT2D eigenvalue weighted by Gasteiger charge is -2.15. The second-order valence-electron chi connectivity index (χ2n) is 9.23. The van der Waals surface area contributed by atoms with Crippen molar-refractivity contribution in [2.75, 3.05) is 0 Å². The molecule has 2 atom stereocenters. The van der Waals surface area contributed by atoms with Crippen molar-refractivity contribution in [3.05, 3.63) is 68.6 Å². The fourth-order valence-corrected chi connectivity index (χ4v) is 2.97. The predicted octanol–water partition coefficient (Wildman–Crippen LogP) is 7.27. The molecule has 37 heavy (non-hydrogen) atoms. The van der Waals surface area contributed by atoms with Gasteiger partial charge < -0.3 is 0 Å². The molecule has 0 spiro atoms. The molecule has 208 valence electrons. The Hall–Kier alpha value is -1.28. The molecule has 2 rings (SSSR count). The third kappa shape index (κ3) is 14.4. The summed E-state index contributed by atoms with van der Waals surface area (Å²) in [5, 5.41) is 5.04. The molecule has 0 radical (unpaired) electrons. The van der Waals surface area contributed by atoms with E-state index in [0.717, 1.165) is 8.95 Å². The molecule has 2 aromatic carbocycles. The summed E-state index contributed by atoms with van der Waals surface area (Å²) in [5.41, 5.74) is -0.116. The summed E-state index contributed by atoms with van der Waals surface area (Å²) in [4.78, 5) is 10.7. The van der Waals surface area contributed by atoms with E-state index >= 15 is 0 Å². The Morgan fingerprint density at radius 1 is 0.757 bits per heavy atom. The van der Waals surface area contributed by atoms with Gasteiger partial charge in [0.2, 0.25) is 5.78 Å². The molecule has 0 aliphatic heterocycles. The van der Waals surface area contributed by atoms with Gasteiger partial charge in [-0.3, -0.25) is 9.93 Å². The fourth-order valence-electron chi connectivity index (χ4n) is 1.81. The van der Waals surface area contributed by atoms with Crippen LogP contribution in [0, 0.1) is 0 Å². The summed E-state index contributed by atoms with van der Waals surface area (Å²) in [6.07, 6.45) is -5.68. The maximum absolute atomic E-state index is 13.0. The van der Waals surface area contributed by atoms with Crippen molar-refractivity contribution in [3.63, 3.8) is 0 Å². The van der Waals surface area contributed by atoms with Crippen LogP contribution in [0.5, 0.6) is 0 Å². The van der Waals surface area contributed by atoms with E-state index < -0.39 is 51.1 Å². The van der Waals surface area contributed by atoms with Crippen LogP contribution in [-0.2, 0) is 22.0 Å². The van der Waals surface area contributed by atoms with E-state index in [2.05, 4.69) is 36.3 Å². The number of hydrogen-bond donors (Lipinski definition) is 1. The van der Waals surface area contributed by atoms with Crippen molar-refractivity contribution in [1.29, 1.82) is 0 Å². The number of benzene rings is 2. The highest BCUT2D eigenvalue weighted by Gasteiger charge is 2.23. The summed E-state index contributed by atoms with van der Waals surface area (Å²) in [6.45, 7) is 10.6. The molecule has 2 aromatic rings. The topological polar surface area (TPSA) is 89.6 Å². The lowest BCUT2D eigenvalue weighted by atomic mass is 10.1. The molecule has 5 nitrogen and oxygen atoms in total. The molecule has 13 heteroatoms. The number of halogens is 6. The smallest absolute Gasteiger partial charge is 0.288 e. The number of carbonyl (C=O) groups excluding carboxylic acids is 1. The minimum Gasteiger partial charge on any atom is -0.288 e. The van der Waals surface area contributed by atoms with E-state index in [-0.39, 0.29) is 15.9 Å². The number of nitrogens with two attached hydrogens (primary N) is 1. The Morgan fingerprint density at radius 2 is 1.11 bits per heavy atom. The van der Waals surface area contributed by atoms with Crippen LogP contribution in [0.15, 0.2) is 61.9 Å². The zero-order valence-corrected chi connectivity index (χ0v) is 25.9. The van der Waals surface area contributed by atoms with Gasteiger partial charge in [-0.05, 0) is 65.8 Å². The summed E-state index contributed by atoms with van der Waals surface area (Å²) >= 11 is 6.36. The highest BCUT2D eigenvalue weighted by atomic mass is 79.9. The second kappa shape index (κ2) is 16.0. The molecular weight excluding hydrogens is 664 g/mol. The molecule has 0 amide bonds. The van der Waals surface area contributed by atoms with Crippen molar-refractivity contribution in [3.8, 4) is 0 Å². The first-order valence-corrected chi connectivity index (χ1v) is 14.5. The molecular formula is C24H30Br2F4N2O3S2. The Balaban J connectivity index is 0.000000586. The van der Waals surface area contributed by atoms with Crippen LogP contribution >= 0.6 is 31.9 Å². The van der Waals surface area contributed by atoms with Gasteiger partial charge in [0.15, 0.2) is 0 Å². The van der Waals surface area contributed by atoms with E-state index in [4.69, 9.17) is 5.14 Å². The standard InChI is InChI=1S/C12H14BrF2NOS.C8H5BrF2O.C4H11NOS/c1-12(2,3)18(17)16-10(11(14)15)8-4-6-9(13)7-5-8;9-6-3-1-5(2-4-6)7(12)8(10)11;1-4(2,3)7(5)6/h4-7,11H,1-3H3;1-4,8H;5H2,1-3H3/t18-;;7-/m0.0/s1. The number of Topliss-reactive ketones (excluding diaryl/α,β-unsaturated/α-hetero) is 1. The average molecular weight is 694 g/mol. The molecule has 0 bridgehead atoms. The zero-order chi connectivity index (χ0) is 29.1. The van der Waals surface area contributed by atoms with Crippen LogP contribution in [0.1, 0.15) is 57.5 Å². The normalized spacial score (nSPS) is 13.8. The molecule has 0 aromatic heterocycles. The lowest BCUT2D eigenvalue weighted by molar-refractivity contribution is 0.0678. The fraction of sp³-hybridized carbons (Fsp3) is 0.417. The van der Waals surface area contributed by atoms with Gasteiger partial charge in [-0.2, -0.15) is 4.40 Å². The number of rotatable bonds is 5. The Labute approximate surface area is 237 Å². The third-order valence-electron chi connectivity index (χ3n) is 3.98. The largest absolute Gasteiger partial charge is 0.300 e. The van der Waals surface area contributed by atoms with Crippen LogP contribution in [-0.4, -0.2) is 42.3 Å². The van der Waals surface area contributed by atoms with E-state index in [1.165, 1.54) is 24.3 Å². The Bertz CT molecular complexity index is 1090. The Morgan fingerprint density at radius 3 is 1.38 bits per heavy atom. The van der Waals surface area contributed by atoms with Gasteiger partial charge in [0, 0.05) is 20.1 Å². The highest BCUT2D eigenvalue weighted by molar-refractivity contribution is 9.10. The summed E-state index contributed by atoms with van der Waals surface area (Å²) in [7, 11) is -2.88. The van der Waals surface area contributed by atoms with Crippen molar-refractivity contribution >= 4 is 65.3 Å². The minimum absolute atomic E-state index is 0.0354. The maximum atomic E-state index is 13.0. The molecule has 0 heterocycles. The van der Waals surface area contributed by atoms with Crippen LogP contribution in [0.2, 0.25) is 0 Å². The second-order valence-corrected chi connectivity index (χ2v) is 14.8. The number of alkyl halides is 4. The number of ketones is 1. The SMILES string of the molecule is CC(C)(C)[S@@](N)=O.CC(C)(C)[S@](=O)N=C(c1ccc(Br)cc1)C(F)F.O=C(c1ccc(Br)cc1)C(F)F. The van der Waals surface area contributed by atoms with Gasteiger partial charge in [0.05, 0.1) is 20.5 Å². The maximum Gasteiger partial charge on any atom is 0.300 e. The van der Waals surface area contributed by atoms with E-state index in [0.29, 0.717) is 0 Å². The van der Waals surface area contributed by atoms with Gasteiger partial charge >= 0.3 is 6.43 Å². The molecule has 0 fully saturated rings. The minimum atomic E-state index is -2.92. The first-order chi connectivity index (χ1) is 16.8. The third-order valence-corrected chi connectivity index (χ3v) is 7.66. The molecule has 0 saturated carbocycles. The van der Waals surface area contributed by atoms with E-state index in [9.17, 15) is 30.8 Å².